The minimum absolute atomic E-state index is 0.0788. The van der Waals surface area contributed by atoms with Crippen molar-refractivity contribution in [2.24, 2.45) is 11.1 Å². The quantitative estimate of drug-likeness (QED) is 0.598. The second-order valence-corrected chi connectivity index (χ2v) is 4.37. The number of rotatable bonds is 4. The fourth-order valence-electron chi connectivity index (χ4n) is 1.95. The van der Waals surface area contributed by atoms with E-state index in [9.17, 15) is 9.90 Å². The van der Waals surface area contributed by atoms with E-state index in [2.05, 4.69) is 5.32 Å². The van der Waals surface area contributed by atoms with Gasteiger partial charge in [0.05, 0.1) is 12.6 Å². The van der Waals surface area contributed by atoms with Gasteiger partial charge in [0.25, 0.3) is 0 Å². The third-order valence-electron chi connectivity index (χ3n) is 3.05. The lowest BCUT2D eigenvalue weighted by Crippen LogP contribution is -2.44. The molecule has 0 aromatic heterocycles. The minimum atomic E-state index is -0.466. The van der Waals surface area contributed by atoms with Crippen LogP contribution in [0.1, 0.15) is 32.6 Å². The zero-order valence-electron chi connectivity index (χ0n) is 8.75. The molecule has 0 heterocycles. The highest BCUT2D eigenvalue weighted by atomic mass is 16.3. The molecule has 0 bridgehead atoms. The molecule has 82 valence electrons. The Labute approximate surface area is 84.9 Å². The summed E-state index contributed by atoms with van der Waals surface area (Å²) in [5, 5.41) is 12.1. The van der Waals surface area contributed by atoms with Crippen LogP contribution in [0.2, 0.25) is 0 Å². The summed E-state index contributed by atoms with van der Waals surface area (Å²) in [5.74, 6) is -0.135. The van der Waals surface area contributed by atoms with Crippen LogP contribution in [-0.4, -0.2) is 30.2 Å². The Morgan fingerprint density at radius 2 is 2.14 bits per heavy atom. The Balaban J connectivity index is 2.38. The molecule has 0 aromatic carbocycles. The van der Waals surface area contributed by atoms with Crippen LogP contribution in [0.3, 0.4) is 0 Å². The molecule has 4 heteroatoms. The van der Waals surface area contributed by atoms with Crippen LogP contribution in [0.4, 0.5) is 0 Å². The zero-order valence-corrected chi connectivity index (χ0v) is 8.75. The lowest BCUT2D eigenvalue weighted by molar-refractivity contribution is -0.122. The number of carbonyl (C=O) groups is 1. The third kappa shape index (κ3) is 2.69. The fraction of sp³-hybridized carbons (Fsp3) is 0.900. The average Bonchev–Trinajstić information content (AvgIpc) is 2.63. The maximum Gasteiger partial charge on any atom is 0.236 e. The SMILES string of the molecule is C[C@@H](N)C(=O)NCC1(CO)CCCC1. The van der Waals surface area contributed by atoms with E-state index in [1.54, 1.807) is 6.92 Å². The molecule has 1 aliphatic carbocycles. The Bertz CT molecular complexity index is 198. The standard InChI is InChI=1S/C10H20N2O2/c1-8(11)9(14)12-6-10(7-13)4-2-3-5-10/h8,13H,2-7,11H2,1H3,(H,12,14)/t8-/m1/s1. The van der Waals surface area contributed by atoms with E-state index in [1.807, 2.05) is 0 Å². The summed E-state index contributed by atoms with van der Waals surface area (Å²) >= 11 is 0. The van der Waals surface area contributed by atoms with Gasteiger partial charge in [-0.15, -0.1) is 0 Å². The molecule has 0 aromatic rings. The van der Waals surface area contributed by atoms with Gasteiger partial charge in [-0.05, 0) is 19.8 Å². The monoisotopic (exact) mass is 200 g/mol. The van der Waals surface area contributed by atoms with E-state index in [-0.39, 0.29) is 17.9 Å². The van der Waals surface area contributed by atoms with Crippen LogP contribution < -0.4 is 11.1 Å². The van der Waals surface area contributed by atoms with Gasteiger partial charge in [0.1, 0.15) is 0 Å². The van der Waals surface area contributed by atoms with E-state index in [1.165, 1.54) is 0 Å². The Morgan fingerprint density at radius 3 is 2.57 bits per heavy atom. The zero-order chi connectivity index (χ0) is 10.6. The van der Waals surface area contributed by atoms with Gasteiger partial charge < -0.3 is 16.2 Å². The van der Waals surface area contributed by atoms with Gasteiger partial charge in [-0.2, -0.15) is 0 Å². The van der Waals surface area contributed by atoms with Gasteiger partial charge in [-0.3, -0.25) is 4.79 Å². The molecule has 0 radical (unpaired) electrons. The number of aliphatic hydroxyl groups excluding tert-OH is 1. The number of aliphatic hydroxyl groups is 1. The summed E-state index contributed by atoms with van der Waals surface area (Å²) < 4.78 is 0. The van der Waals surface area contributed by atoms with Crippen molar-refractivity contribution in [2.75, 3.05) is 13.2 Å². The summed E-state index contributed by atoms with van der Waals surface area (Å²) in [6, 6.07) is -0.466. The molecule has 0 spiro atoms. The van der Waals surface area contributed by atoms with Crippen molar-refractivity contribution in [1.82, 2.24) is 5.32 Å². The highest BCUT2D eigenvalue weighted by Gasteiger charge is 2.33. The van der Waals surface area contributed by atoms with Gasteiger partial charge in [0, 0.05) is 12.0 Å². The number of carbonyl (C=O) groups excluding carboxylic acids is 1. The molecular formula is C10H20N2O2. The van der Waals surface area contributed by atoms with Gasteiger partial charge in [-0.25, -0.2) is 0 Å². The molecule has 0 unspecified atom stereocenters. The molecule has 1 amide bonds. The van der Waals surface area contributed by atoms with Crippen LogP contribution in [0.5, 0.6) is 0 Å². The first kappa shape index (κ1) is 11.5. The van der Waals surface area contributed by atoms with Gasteiger partial charge in [-0.1, -0.05) is 12.8 Å². The summed E-state index contributed by atoms with van der Waals surface area (Å²) in [6.07, 6.45) is 4.30. The molecule has 4 nitrogen and oxygen atoms in total. The summed E-state index contributed by atoms with van der Waals surface area (Å²) in [4.78, 5) is 11.2. The number of amides is 1. The van der Waals surface area contributed by atoms with Crippen molar-refractivity contribution in [3.8, 4) is 0 Å². The predicted molar refractivity (Wildman–Crippen MR) is 54.6 cm³/mol. The first-order chi connectivity index (χ1) is 6.59. The summed E-state index contributed by atoms with van der Waals surface area (Å²) in [7, 11) is 0. The molecule has 1 atom stereocenters. The van der Waals surface area contributed by atoms with Crippen molar-refractivity contribution in [3.05, 3.63) is 0 Å². The summed E-state index contributed by atoms with van der Waals surface area (Å²) in [5.41, 5.74) is 5.35. The first-order valence-corrected chi connectivity index (χ1v) is 5.24. The van der Waals surface area contributed by atoms with Crippen LogP contribution in [-0.2, 0) is 4.79 Å². The number of nitrogens with two attached hydrogens (primary N) is 1. The van der Waals surface area contributed by atoms with Crippen molar-refractivity contribution in [2.45, 2.75) is 38.6 Å². The first-order valence-electron chi connectivity index (χ1n) is 5.24. The second kappa shape index (κ2) is 4.75. The highest BCUT2D eigenvalue weighted by Crippen LogP contribution is 2.36. The maximum absolute atomic E-state index is 11.2. The van der Waals surface area contributed by atoms with E-state index in [0.29, 0.717) is 6.54 Å². The van der Waals surface area contributed by atoms with Gasteiger partial charge >= 0.3 is 0 Å². The molecule has 4 N–H and O–H groups in total. The molecule has 0 saturated heterocycles. The largest absolute Gasteiger partial charge is 0.396 e. The van der Waals surface area contributed by atoms with E-state index >= 15 is 0 Å². The van der Waals surface area contributed by atoms with Crippen molar-refractivity contribution < 1.29 is 9.90 Å². The number of hydrogen-bond acceptors (Lipinski definition) is 3. The number of hydrogen-bond donors (Lipinski definition) is 3. The molecule has 0 aliphatic heterocycles. The van der Waals surface area contributed by atoms with E-state index < -0.39 is 6.04 Å². The van der Waals surface area contributed by atoms with E-state index in [0.717, 1.165) is 25.7 Å². The third-order valence-corrected chi connectivity index (χ3v) is 3.05. The summed E-state index contributed by atoms with van der Waals surface area (Å²) in [6.45, 7) is 2.38. The van der Waals surface area contributed by atoms with Gasteiger partial charge in [0.2, 0.25) is 5.91 Å². The van der Waals surface area contributed by atoms with E-state index in [4.69, 9.17) is 5.73 Å². The highest BCUT2D eigenvalue weighted by molar-refractivity contribution is 5.80. The predicted octanol–water partition coefficient (Wildman–Crippen LogP) is 0.00250. The second-order valence-electron chi connectivity index (χ2n) is 4.37. The Kier molecular flexibility index (Phi) is 3.89. The molecule has 1 aliphatic rings. The topological polar surface area (TPSA) is 75.4 Å². The molecule has 14 heavy (non-hydrogen) atoms. The molecule has 1 saturated carbocycles. The average molecular weight is 200 g/mol. The van der Waals surface area contributed by atoms with Gasteiger partial charge in [0.15, 0.2) is 0 Å². The normalized spacial score (nSPS) is 21.9. The smallest absolute Gasteiger partial charge is 0.236 e. The lowest BCUT2D eigenvalue weighted by atomic mass is 9.87. The number of nitrogens with one attached hydrogen (secondary N) is 1. The molecular weight excluding hydrogens is 180 g/mol. The Hall–Kier alpha value is -0.610. The lowest BCUT2D eigenvalue weighted by Gasteiger charge is -2.26. The van der Waals surface area contributed by atoms with Crippen LogP contribution >= 0.6 is 0 Å². The minimum Gasteiger partial charge on any atom is -0.396 e. The molecule has 1 rings (SSSR count). The Morgan fingerprint density at radius 1 is 1.57 bits per heavy atom. The van der Waals surface area contributed by atoms with Crippen LogP contribution in [0, 0.1) is 5.41 Å². The van der Waals surface area contributed by atoms with Crippen molar-refractivity contribution in [3.63, 3.8) is 0 Å². The van der Waals surface area contributed by atoms with Crippen LogP contribution in [0.15, 0.2) is 0 Å². The molecule has 1 fully saturated rings. The fourth-order valence-corrected chi connectivity index (χ4v) is 1.95. The van der Waals surface area contributed by atoms with Crippen molar-refractivity contribution >= 4 is 5.91 Å². The van der Waals surface area contributed by atoms with Crippen molar-refractivity contribution in [1.29, 1.82) is 0 Å². The maximum atomic E-state index is 11.2. The van der Waals surface area contributed by atoms with Crippen LogP contribution in [0.25, 0.3) is 0 Å².